The topological polar surface area (TPSA) is 169 Å². The van der Waals surface area contributed by atoms with Crippen LogP contribution < -0.4 is 0 Å². The van der Waals surface area contributed by atoms with Crippen LogP contribution in [0.25, 0.3) is 0 Å². The highest BCUT2D eigenvalue weighted by Crippen LogP contribution is 2.48. The molecule has 1 aromatic rings. The minimum absolute atomic E-state index is 0.0673. The van der Waals surface area contributed by atoms with Crippen LogP contribution in [0.3, 0.4) is 0 Å². The highest BCUT2D eigenvalue weighted by atomic mass is 16.6. The Kier molecular flexibility index (Phi) is 11.2. The van der Waals surface area contributed by atoms with Gasteiger partial charge in [0.1, 0.15) is 11.7 Å². The third kappa shape index (κ3) is 8.34. The number of benzene rings is 1. The van der Waals surface area contributed by atoms with E-state index in [1.165, 1.54) is 6.92 Å². The van der Waals surface area contributed by atoms with Crippen molar-refractivity contribution in [2.24, 2.45) is 17.3 Å². The largest absolute Gasteiger partial charge is 0.458 e. The number of ketones is 1. The number of rotatable bonds is 6. The SMILES string of the molecule is CC(=O)O[C@@H]1[C@@H](OC(C)=O)C(C)(C)C=C[C@H](C)C(=O)[C@@]2(OC(C)=O)C[C@@H](C)[C@H](OC(=O)c3ccccc3)C2=C[C@](C)(O)[C@@H]1OC(C)=O. The molecular weight excluding hydrogens is 612 g/mol. The second-order valence-corrected chi connectivity index (χ2v) is 13.1. The maximum Gasteiger partial charge on any atom is 0.338 e. The van der Waals surface area contributed by atoms with Crippen molar-refractivity contribution in [3.63, 3.8) is 0 Å². The quantitative estimate of drug-likeness (QED) is 0.267. The number of ether oxygens (including phenoxy) is 5. The average molecular weight is 657 g/mol. The Morgan fingerprint density at radius 3 is 1.87 bits per heavy atom. The number of esters is 5. The van der Waals surface area contributed by atoms with Gasteiger partial charge in [0.15, 0.2) is 29.7 Å². The number of hydrogen-bond donors (Lipinski definition) is 1. The minimum atomic E-state index is -2.32. The highest BCUT2D eigenvalue weighted by Gasteiger charge is 2.60. The maximum atomic E-state index is 14.5. The standard InChI is InChI=1S/C35H44O12/c1-19-15-16-33(7,8)30(44-22(4)37)28(43-21(3)36)31(45-23(5)38)34(9,42)18-26-27(46-32(41)25-13-11-10-12-14-25)20(2)17-35(26,29(19)40)47-24(6)39/h10-16,18-20,27-28,30-31,42H,17H2,1-9H3/t19-,20+,27-,28+,30+,31+,34-,35+/m0/s1. The number of Topliss-reactive ketones (excluding diaryl/α,β-unsaturated/α-hetero) is 1. The Hall–Kier alpha value is -4.32. The summed E-state index contributed by atoms with van der Waals surface area (Å²) >= 11 is 0. The molecule has 1 aromatic carbocycles. The monoisotopic (exact) mass is 656 g/mol. The van der Waals surface area contributed by atoms with E-state index in [0.717, 1.165) is 33.8 Å². The number of aliphatic hydroxyl groups is 1. The first-order chi connectivity index (χ1) is 21.7. The van der Waals surface area contributed by atoms with Gasteiger partial charge in [0.05, 0.1) is 5.56 Å². The molecule has 256 valence electrons. The van der Waals surface area contributed by atoms with Gasteiger partial charge in [-0.2, -0.15) is 0 Å². The van der Waals surface area contributed by atoms with Crippen LogP contribution in [0.5, 0.6) is 0 Å². The Bertz CT molecular complexity index is 1460. The Morgan fingerprint density at radius 2 is 1.34 bits per heavy atom. The second kappa shape index (κ2) is 14.2. The van der Waals surface area contributed by atoms with E-state index in [-0.39, 0.29) is 17.6 Å². The molecule has 0 unspecified atom stereocenters. The Morgan fingerprint density at radius 1 is 0.787 bits per heavy atom. The number of carbonyl (C=O) groups is 6. The Labute approximate surface area is 274 Å². The van der Waals surface area contributed by atoms with E-state index in [4.69, 9.17) is 23.7 Å². The van der Waals surface area contributed by atoms with E-state index in [9.17, 15) is 33.9 Å². The van der Waals surface area contributed by atoms with Gasteiger partial charge in [-0.25, -0.2) is 4.79 Å². The zero-order chi connectivity index (χ0) is 35.5. The molecule has 1 N–H and O–H groups in total. The van der Waals surface area contributed by atoms with Gasteiger partial charge in [0, 0.05) is 56.9 Å². The molecule has 0 heterocycles. The molecule has 2 aliphatic carbocycles. The van der Waals surface area contributed by atoms with Crippen LogP contribution in [0.1, 0.15) is 79.1 Å². The average Bonchev–Trinajstić information content (AvgIpc) is 3.20. The fourth-order valence-electron chi connectivity index (χ4n) is 6.32. The van der Waals surface area contributed by atoms with Gasteiger partial charge in [0.2, 0.25) is 0 Å². The van der Waals surface area contributed by atoms with Gasteiger partial charge < -0.3 is 28.8 Å². The van der Waals surface area contributed by atoms with Gasteiger partial charge >= 0.3 is 29.8 Å². The third-order valence-corrected chi connectivity index (χ3v) is 8.33. The zero-order valence-corrected chi connectivity index (χ0v) is 28.2. The van der Waals surface area contributed by atoms with E-state index in [0.29, 0.717) is 0 Å². The number of hydrogen-bond acceptors (Lipinski definition) is 12. The number of fused-ring (bicyclic) bond motifs is 1. The summed E-state index contributed by atoms with van der Waals surface area (Å²) in [7, 11) is 0. The summed E-state index contributed by atoms with van der Waals surface area (Å²) in [6.07, 6.45) is -1.73. The first kappa shape index (κ1) is 37.1. The van der Waals surface area contributed by atoms with Gasteiger partial charge in [-0.15, -0.1) is 0 Å². The van der Waals surface area contributed by atoms with Crippen LogP contribution in [-0.2, 0) is 47.7 Å². The number of carbonyl (C=O) groups excluding carboxylic acids is 6. The summed E-state index contributed by atoms with van der Waals surface area (Å²) in [5.74, 6) is -6.12. The Balaban J connectivity index is 2.42. The third-order valence-electron chi connectivity index (χ3n) is 8.33. The van der Waals surface area contributed by atoms with E-state index in [1.54, 1.807) is 70.2 Å². The zero-order valence-electron chi connectivity index (χ0n) is 28.2. The van der Waals surface area contributed by atoms with Crippen molar-refractivity contribution in [3.05, 3.63) is 59.7 Å². The molecular formula is C35H44O12. The first-order valence-corrected chi connectivity index (χ1v) is 15.4. The van der Waals surface area contributed by atoms with Crippen molar-refractivity contribution in [1.82, 2.24) is 0 Å². The molecule has 1 saturated carbocycles. The molecule has 0 amide bonds. The van der Waals surface area contributed by atoms with Crippen LogP contribution >= 0.6 is 0 Å². The van der Waals surface area contributed by atoms with Crippen molar-refractivity contribution >= 4 is 35.6 Å². The van der Waals surface area contributed by atoms with Crippen molar-refractivity contribution < 1.29 is 57.6 Å². The molecule has 12 heteroatoms. The smallest absolute Gasteiger partial charge is 0.338 e. The predicted octanol–water partition coefficient (Wildman–Crippen LogP) is 3.83. The maximum absolute atomic E-state index is 14.5. The van der Waals surface area contributed by atoms with Gasteiger partial charge in [-0.3, -0.25) is 24.0 Å². The number of allylic oxidation sites excluding steroid dienone is 1. The van der Waals surface area contributed by atoms with Crippen LogP contribution in [0.4, 0.5) is 0 Å². The molecule has 0 spiro atoms. The van der Waals surface area contributed by atoms with Gasteiger partial charge in [-0.05, 0) is 25.1 Å². The second-order valence-electron chi connectivity index (χ2n) is 13.1. The molecule has 2 aliphatic rings. The van der Waals surface area contributed by atoms with Crippen LogP contribution in [0, 0.1) is 17.3 Å². The van der Waals surface area contributed by atoms with Gasteiger partial charge in [0.25, 0.3) is 0 Å². The van der Waals surface area contributed by atoms with Crippen LogP contribution in [0.2, 0.25) is 0 Å². The minimum Gasteiger partial charge on any atom is -0.458 e. The molecule has 0 aromatic heterocycles. The lowest BCUT2D eigenvalue weighted by molar-refractivity contribution is -0.207. The molecule has 47 heavy (non-hydrogen) atoms. The lowest BCUT2D eigenvalue weighted by Crippen LogP contribution is -2.59. The molecule has 8 atom stereocenters. The molecule has 1 fully saturated rings. The van der Waals surface area contributed by atoms with Crippen molar-refractivity contribution in [2.45, 2.75) is 104 Å². The lowest BCUT2D eigenvalue weighted by Gasteiger charge is -2.43. The van der Waals surface area contributed by atoms with Crippen molar-refractivity contribution in [1.29, 1.82) is 0 Å². The van der Waals surface area contributed by atoms with Crippen LogP contribution in [0.15, 0.2) is 54.1 Å². The molecule has 0 bridgehead atoms. The lowest BCUT2D eigenvalue weighted by atomic mass is 9.74. The molecule has 12 nitrogen and oxygen atoms in total. The molecule has 0 radical (unpaired) electrons. The predicted molar refractivity (Wildman–Crippen MR) is 166 cm³/mol. The van der Waals surface area contributed by atoms with Crippen LogP contribution in [-0.4, -0.2) is 76.4 Å². The summed E-state index contributed by atoms with van der Waals surface area (Å²) in [5.41, 5.74) is -5.38. The van der Waals surface area contributed by atoms with Crippen molar-refractivity contribution in [3.8, 4) is 0 Å². The summed E-state index contributed by atoms with van der Waals surface area (Å²) in [6.45, 7) is 12.3. The molecule has 0 aliphatic heterocycles. The first-order valence-electron chi connectivity index (χ1n) is 15.4. The van der Waals surface area contributed by atoms with Crippen molar-refractivity contribution in [2.75, 3.05) is 0 Å². The fourth-order valence-corrected chi connectivity index (χ4v) is 6.32. The molecule has 0 saturated heterocycles. The normalized spacial score (nSPS) is 32.0. The van der Waals surface area contributed by atoms with E-state index in [1.807, 2.05) is 0 Å². The summed E-state index contributed by atoms with van der Waals surface area (Å²) in [5, 5.41) is 12.3. The van der Waals surface area contributed by atoms with E-state index in [2.05, 4.69) is 0 Å². The fraction of sp³-hybridized carbons (Fsp3) is 0.543. The van der Waals surface area contributed by atoms with Gasteiger partial charge in [-0.1, -0.05) is 58.0 Å². The summed E-state index contributed by atoms with van der Waals surface area (Å²) in [4.78, 5) is 77.9. The van der Waals surface area contributed by atoms with E-state index < -0.39 is 88.5 Å². The van der Waals surface area contributed by atoms with E-state index >= 15 is 0 Å². The molecule has 3 rings (SSSR count). The highest BCUT2D eigenvalue weighted by molar-refractivity contribution is 5.97. The summed E-state index contributed by atoms with van der Waals surface area (Å²) < 4.78 is 28.8. The summed E-state index contributed by atoms with van der Waals surface area (Å²) in [6, 6.07) is 8.11.